The Bertz CT molecular complexity index is 339. The highest BCUT2D eigenvalue weighted by molar-refractivity contribution is 5.71. The van der Waals surface area contributed by atoms with Gasteiger partial charge >= 0.3 is 5.97 Å². The third kappa shape index (κ3) is 11.7. The van der Waals surface area contributed by atoms with Crippen LogP contribution in [0.5, 0.6) is 0 Å². The Balaban J connectivity index is 4.33. The fraction of sp³-hybridized carbons (Fsp3) is 0.812. The molecule has 0 aliphatic rings. The Hall–Kier alpha value is -1.47. The van der Waals surface area contributed by atoms with Gasteiger partial charge in [-0.3, -0.25) is 14.5 Å². The van der Waals surface area contributed by atoms with Crippen molar-refractivity contribution in [3.8, 4) is 0 Å². The zero-order chi connectivity index (χ0) is 17.5. The Morgan fingerprint density at radius 3 is 2.57 bits per heavy atom. The van der Waals surface area contributed by atoms with Crippen molar-refractivity contribution in [3.05, 3.63) is 0 Å². The van der Waals surface area contributed by atoms with Crippen molar-refractivity contribution in [2.24, 2.45) is 5.92 Å². The number of hydrogen-bond acceptors (Lipinski definition) is 6. The topological polar surface area (TPSA) is 79.0 Å². The fourth-order valence-corrected chi connectivity index (χ4v) is 2.31. The van der Waals surface area contributed by atoms with Gasteiger partial charge in [0, 0.05) is 26.1 Å². The van der Waals surface area contributed by atoms with Crippen LogP contribution in [0.1, 0.15) is 26.2 Å². The molecule has 1 atom stereocenters. The van der Waals surface area contributed by atoms with E-state index >= 15 is 0 Å². The Kier molecular flexibility index (Phi) is 13.2. The van der Waals surface area contributed by atoms with E-state index in [1.807, 2.05) is 19.0 Å². The van der Waals surface area contributed by atoms with Gasteiger partial charge in [0.1, 0.15) is 6.29 Å². The number of likely N-dealkylation sites (N-methyl/N-ethyl adjacent to an activating group) is 2. The van der Waals surface area contributed by atoms with E-state index in [1.54, 1.807) is 11.8 Å². The van der Waals surface area contributed by atoms with Crippen LogP contribution in [0.4, 0.5) is 0 Å². The van der Waals surface area contributed by atoms with Gasteiger partial charge in [-0.1, -0.05) is 0 Å². The molecule has 23 heavy (non-hydrogen) atoms. The van der Waals surface area contributed by atoms with Crippen LogP contribution in [0.25, 0.3) is 0 Å². The fourth-order valence-electron chi connectivity index (χ4n) is 2.31. The third-order valence-electron chi connectivity index (χ3n) is 3.61. The molecule has 0 fully saturated rings. The van der Waals surface area contributed by atoms with Crippen LogP contribution in [0, 0.1) is 5.92 Å². The van der Waals surface area contributed by atoms with E-state index in [-0.39, 0.29) is 18.4 Å². The number of esters is 1. The van der Waals surface area contributed by atoms with Gasteiger partial charge in [-0.25, -0.2) is 0 Å². The number of ether oxygens (including phenoxy) is 1. The molecule has 7 nitrogen and oxygen atoms in total. The molecule has 134 valence electrons. The number of carbonyl (C=O) groups excluding carboxylic acids is 3. The summed E-state index contributed by atoms with van der Waals surface area (Å²) in [5.41, 5.74) is 0. The number of amides is 1. The second-order valence-electron chi connectivity index (χ2n) is 5.65. The van der Waals surface area contributed by atoms with Crippen molar-refractivity contribution in [2.75, 3.05) is 53.4 Å². The minimum absolute atomic E-state index is 0.233. The minimum atomic E-state index is -0.233. The van der Waals surface area contributed by atoms with E-state index in [0.29, 0.717) is 26.1 Å². The molecule has 0 spiro atoms. The zero-order valence-electron chi connectivity index (χ0n) is 14.6. The molecule has 1 N–H and O–H groups in total. The number of rotatable bonds is 15. The van der Waals surface area contributed by atoms with E-state index in [2.05, 4.69) is 5.32 Å². The molecule has 1 amide bonds. The number of nitrogens with one attached hydrogen (secondary N) is 1. The second-order valence-corrected chi connectivity index (χ2v) is 5.65. The average Bonchev–Trinajstić information content (AvgIpc) is 2.53. The number of aldehydes is 1. The molecular weight excluding hydrogens is 298 g/mol. The number of hydrogen-bond donors (Lipinski definition) is 1. The van der Waals surface area contributed by atoms with Crippen LogP contribution < -0.4 is 5.32 Å². The summed E-state index contributed by atoms with van der Waals surface area (Å²) in [7, 11) is 3.71. The Morgan fingerprint density at radius 1 is 1.26 bits per heavy atom. The van der Waals surface area contributed by atoms with E-state index in [0.717, 1.165) is 38.6 Å². The molecule has 1 unspecified atom stereocenters. The van der Waals surface area contributed by atoms with Crippen LogP contribution in [0.3, 0.4) is 0 Å². The smallest absolute Gasteiger partial charge is 0.320 e. The van der Waals surface area contributed by atoms with E-state index in [9.17, 15) is 14.4 Å². The van der Waals surface area contributed by atoms with Crippen molar-refractivity contribution in [3.63, 3.8) is 0 Å². The lowest BCUT2D eigenvalue weighted by Crippen LogP contribution is -2.35. The molecule has 0 aromatic rings. The van der Waals surface area contributed by atoms with Gasteiger partial charge in [0.25, 0.3) is 0 Å². The van der Waals surface area contributed by atoms with Gasteiger partial charge < -0.3 is 19.7 Å². The lowest BCUT2D eigenvalue weighted by Gasteiger charge is -2.25. The first-order valence-corrected chi connectivity index (χ1v) is 8.19. The standard InChI is InChI=1S/C16H31N3O4/c1-4-23-16(22)13-18(3)9-7-15(6-5-11-20)12-19(14-21)10-8-17-2/h11,14-15,17H,4-10,12-13H2,1-3H3. The van der Waals surface area contributed by atoms with Crippen LogP contribution in [-0.4, -0.2) is 81.9 Å². The zero-order valence-corrected chi connectivity index (χ0v) is 14.6. The van der Waals surface area contributed by atoms with Crippen molar-refractivity contribution < 1.29 is 19.1 Å². The monoisotopic (exact) mass is 329 g/mol. The molecule has 0 aromatic heterocycles. The molecule has 0 heterocycles. The number of nitrogens with zero attached hydrogens (tertiary/aromatic N) is 2. The predicted molar refractivity (Wildman–Crippen MR) is 89.1 cm³/mol. The van der Waals surface area contributed by atoms with Crippen LogP contribution in [0.15, 0.2) is 0 Å². The largest absolute Gasteiger partial charge is 0.465 e. The van der Waals surface area contributed by atoms with Gasteiger partial charge in [-0.2, -0.15) is 0 Å². The maximum Gasteiger partial charge on any atom is 0.320 e. The normalized spacial score (nSPS) is 12.0. The molecule has 0 aliphatic heterocycles. The first-order valence-electron chi connectivity index (χ1n) is 8.19. The van der Waals surface area contributed by atoms with Crippen LogP contribution in [0.2, 0.25) is 0 Å². The summed E-state index contributed by atoms with van der Waals surface area (Å²) in [6, 6.07) is 0. The first kappa shape index (κ1) is 21.5. The molecule has 0 aromatic carbocycles. The van der Waals surface area contributed by atoms with E-state index < -0.39 is 0 Å². The third-order valence-corrected chi connectivity index (χ3v) is 3.61. The molecule has 0 aliphatic carbocycles. The van der Waals surface area contributed by atoms with Crippen LogP contribution in [-0.2, 0) is 19.1 Å². The summed E-state index contributed by atoms with van der Waals surface area (Å²) in [6.07, 6.45) is 3.83. The highest BCUT2D eigenvalue weighted by Crippen LogP contribution is 2.13. The summed E-state index contributed by atoms with van der Waals surface area (Å²) >= 11 is 0. The van der Waals surface area contributed by atoms with E-state index in [1.165, 1.54) is 0 Å². The Labute approximate surface area is 139 Å². The van der Waals surface area contributed by atoms with Crippen molar-refractivity contribution >= 4 is 18.7 Å². The van der Waals surface area contributed by atoms with E-state index in [4.69, 9.17) is 4.74 Å². The lowest BCUT2D eigenvalue weighted by atomic mass is 9.98. The molecule has 0 saturated carbocycles. The minimum Gasteiger partial charge on any atom is -0.465 e. The molecule has 7 heteroatoms. The van der Waals surface area contributed by atoms with Crippen molar-refractivity contribution in [2.45, 2.75) is 26.2 Å². The van der Waals surface area contributed by atoms with Gasteiger partial charge in [-0.05, 0) is 46.3 Å². The quantitative estimate of drug-likeness (QED) is 0.340. The summed E-state index contributed by atoms with van der Waals surface area (Å²) in [4.78, 5) is 36.8. The lowest BCUT2D eigenvalue weighted by molar-refractivity contribution is -0.144. The highest BCUT2D eigenvalue weighted by Gasteiger charge is 2.15. The van der Waals surface area contributed by atoms with Crippen molar-refractivity contribution in [1.82, 2.24) is 15.1 Å². The summed E-state index contributed by atoms with van der Waals surface area (Å²) in [6.45, 7) is 5.16. The summed E-state index contributed by atoms with van der Waals surface area (Å²) in [5.74, 6) is 0.00915. The van der Waals surface area contributed by atoms with Gasteiger partial charge in [0.15, 0.2) is 0 Å². The first-order chi connectivity index (χ1) is 11.1. The Morgan fingerprint density at radius 2 is 2.00 bits per heavy atom. The summed E-state index contributed by atoms with van der Waals surface area (Å²) < 4.78 is 4.92. The summed E-state index contributed by atoms with van der Waals surface area (Å²) in [5, 5.41) is 3.02. The maximum absolute atomic E-state index is 11.4. The highest BCUT2D eigenvalue weighted by atomic mass is 16.5. The molecule has 0 saturated heterocycles. The molecule has 0 radical (unpaired) electrons. The SMILES string of the molecule is CCOC(=O)CN(C)CCC(CCC=O)CN(C=O)CCNC. The predicted octanol–water partition coefficient (Wildman–Crippen LogP) is 0.145. The maximum atomic E-state index is 11.4. The molecular formula is C16H31N3O4. The molecule has 0 bridgehead atoms. The second kappa shape index (κ2) is 14.1. The van der Waals surface area contributed by atoms with Gasteiger partial charge in [-0.15, -0.1) is 0 Å². The average molecular weight is 329 g/mol. The molecule has 0 rings (SSSR count). The number of carbonyl (C=O) groups is 3. The van der Waals surface area contributed by atoms with Gasteiger partial charge in [0.2, 0.25) is 6.41 Å². The van der Waals surface area contributed by atoms with Crippen LogP contribution >= 0.6 is 0 Å². The van der Waals surface area contributed by atoms with Crippen molar-refractivity contribution in [1.29, 1.82) is 0 Å². The van der Waals surface area contributed by atoms with Gasteiger partial charge in [0.05, 0.1) is 13.2 Å².